The molecule has 1 aliphatic rings. The monoisotopic (exact) mass is 702 g/mol. The van der Waals surface area contributed by atoms with E-state index in [9.17, 15) is 14.4 Å². The Balaban J connectivity index is 1.49. The second-order valence-electron chi connectivity index (χ2n) is 11.7. The van der Waals surface area contributed by atoms with Crippen molar-refractivity contribution in [2.75, 3.05) is 51.1 Å². The van der Waals surface area contributed by atoms with Gasteiger partial charge in [0.2, 0.25) is 23.0 Å². The molecule has 14 heteroatoms. The number of fused-ring (bicyclic) bond motifs is 3. The number of hydrogen-bond donors (Lipinski definition) is 4. The highest BCUT2D eigenvalue weighted by atomic mass is 32.2. The minimum Gasteiger partial charge on any atom is -0.493 e. The van der Waals surface area contributed by atoms with Gasteiger partial charge in [-0.3, -0.25) is 19.5 Å². The Bertz CT molecular complexity index is 1900. The number of carbonyl (C=O) groups is 2. The van der Waals surface area contributed by atoms with Crippen LogP contribution in [0.4, 0.5) is 11.4 Å². The molecule has 4 N–H and O–H groups in total. The normalized spacial score (nSPS) is 14.0. The zero-order valence-corrected chi connectivity index (χ0v) is 29.8. The number of ether oxygens (including phenoxy) is 4. The zero-order chi connectivity index (χ0) is 35.8. The summed E-state index contributed by atoms with van der Waals surface area (Å²) in [5.74, 6) is 2.69. The van der Waals surface area contributed by atoms with E-state index >= 15 is 0 Å². The molecule has 4 aromatic rings. The maximum Gasteiger partial charge on any atom is 0.246 e. The summed E-state index contributed by atoms with van der Waals surface area (Å²) in [5.41, 5.74) is 4.28. The van der Waals surface area contributed by atoms with Crippen molar-refractivity contribution in [3.05, 3.63) is 75.7 Å². The van der Waals surface area contributed by atoms with Gasteiger partial charge < -0.3 is 34.9 Å². The molecule has 2 amide bonds. The molecule has 0 fully saturated rings. The summed E-state index contributed by atoms with van der Waals surface area (Å²) < 4.78 is 22.3. The molecule has 0 unspecified atom stereocenters. The van der Waals surface area contributed by atoms with Gasteiger partial charge >= 0.3 is 0 Å². The number of aryl methyl sites for hydroxylation is 1. The van der Waals surface area contributed by atoms with Crippen LogP contribution in [0.2, 0.25) is 0 Å². The van der Waals surface area contributed by atoms with Crippen molar-refractivity contribution in [3.8, 4) is 39.8 Å². The van der Waals surface area contributed by atoms with Crippen LogP contribution in [-0.2, 0) is 27.4 Å². The highest BCUT2D eigenvalue weighted by molar-refractivity contribution is 7.98. The van der Waals surface area contributed by atoms with Gasteiger partial charge in [0.15, 0.2) is 23.1 Å². The summed E-state index contributed by atoms with van der Waals surface area (Å²) >= 11 is 1.60. The topological polar surface area (TPSA) is 166 Å². The van der Waals surface area contributed by atoms with Crippen molar-refractivity contribution in [2.45, 2.75) is 44.9 Å². The highest BCUT2D eigenvalue weighted by Gasteiger charge is 2.30. The van der Waals surface area contributed by atoms with Gasteiger partial charge in [0.25, 0.3) is 0 Å². The van der Waals surface area contributed by atoms with Crippen LogP contribution in [0.15, 0.2) is 53.3 Å². The van der Waals surface area contributed by atoms with E-state index in [1.54, 1.807) is 51.3 Å². The van der Waals surface area contributed by atoms with Crippen molar-refractivity contribution in [1.82, 2.24) is 20.5 Å². The molecular formula is C36H42N6O7S. The molecule has 0 bridgehead atoms. The van der Waals surface area contributed by atoms with Gasteiger partial charge in [-0.25, -0.2) is 4.98 Å². The lowest BCUT2D eigenvalue weighted by Gasteiger charge is -2.19. The lowest BCUT2D eigenvalue weighted by Crippen LogP contribution is -2.36. The summed E-state index contributed by atoms with van der Waals surface area (Å²) in [5, 5.41) is 16.3. The third-order valence-corrected chi connectivity index (χ3v) is 9.04. The first-order chi connectivity index (χ1) is 24.2. The minimum absolute atomic E-state index is 0.218. The number of aromatic amines is 1. The lowest BCUT2D eigenvalue weighted by molar-refractivity contribution is -0.120. The number of H-pyrrole nitrogens is 1. The fraction of sp³-hybridized carbons (Fsp3) is 0.361. The summed E-state index contributed by atoms with van der Waals surface area (Å²) in [4.78, 5) is 44.3. The third kappa shape index (κ3) is 8.03. The maximum atomic E-state index is 13.9. The van der Waals surface area contributed by atoms with E-state index in [0.29, 0.717) is 77.3 Å². The molecule has 13 nitrogen and oxygen atoms in total. The Labute approximate surface area is 294 Å². The van der Waals surface area contributed by atoms with E-state index < -0.39 is 12.1 Å². The number of carbonyl (C=O) groups excluding carboxylic acids is 2. The maximum absolute atomic E-state index is 13.9. The van der Waals surface area contributed by atoms with Crippen LogP contribution in [-0.4, -0.2) is 73.5 Å². The largest absolute Gasteiger partial charge is 0.493 e. The average molecular weight is 703 g/mol. The zero-order valence-electron chi connectivity index (χ0n) is 29.0. The Morgan fingerprint density at radius 2 is 1.78 bits per heavy atom. The number of methoxy groups -OCH3 is 4. The van der Waals surface area contributed by atoms with Crippen LogP contribution in [0.1, 0.15) is 42.8 Å². The molecule has 0 saturated carbocycles. The van der Waals surface area contributed by atoms with Crippen LogP contribution in [0.3, 0.4) is 0 Å². The molecule has 0 spiro atoms. The molecule has 3 aromatic carbocycles. The van der Waals surface area contributed by atoms with Gasteiger partial charge in [0.05, 0.1) is 33.1 Å². The molecule has 50 heavy (non-hydrogen) atoms. The molecule has 2 atom stereocenters. The fourth-order valence-corrected chi connectivity index (χ4v) is 6.55. The van der Waals surface area contributed by atoms with Crippen LogP contribution < -0.4 is 35.6 Å². The average Bonchev–Trinajstić information content (AvgIpc) is 3.46. The molecule has 1 aromatic heterocycles. The van der Waals surface area contributed by atoms with Gasteiger partial charge in [0.1, 0.15) is 12.6 Å². The number of hydrogen-bond acceptors (Lipinski definition) is 11. The van der Waals surface area contributed by atoms with E-state index in [1.165, 1.54) is 20.1 Å². The highest BCUT2D eigenvalue weighted by Crippen LogP contribution is 2.50. The number of benzene rings is 2. The number of rotatable bonds is 14. The summed E-state index contributed by atoms with van der Waals surface area (Å²) in [6.45, 7) is 1.77. The Morgan fingerprint density at radius 1 is 1.02 bits per heavy atom. The van der Waals surface area contributed by atoms with E-state index in [2.05, 4.69) is 31.1 Å². The first-order valence-corrected chi connectivity index (χ1v) is 17.4. The number of nitrogens with one attached hydrogen (secondary N) is 4. The van der Waals surface area contributed by atoms with Crippen molar-refractivity contribution in [2.24, 2.45) is 0 Å². The van der Waals surface area contributed by atoms with Gasteiger partial charge in [-0.2, -0.15) is 16.9 Å². The first kappa shape index (κ1) is 36.2. The van der Waals surface area contributed by atoms with Gasteiger partial charge in [-0.05, 0) is 90.4 Å². The molecular weight excluding hydrogens is 660 g/mol. The fourth-order valence-electron chi connectivity index (χ4n) is 6.08. The second kappa shape index (κ2) is 16.5. The molecule has 1 aliphatic carbocycles. The van der Waals surface area contributed by atoms with Crippen molar-refractivity contribution < 1.29 is 28.5 Å². The van der Waals surface area contributed by atoms with Crippen LogP contribution >= 0.6 is 11.8 Å². The number of nitrogens with zero attached hydrogens (tertiary/aromatic N) is 2. The van der Waals surface area contributed by atoms with Crippen LogP contribution in [0.25, 0.3) is 22.5 Å². The number of anilines is 2. The number of thioether (sulfide) groups is 1. The molecule has 0 saturated heterocycles. The lowest BCUT2D eigenvalue weighted by atomic mass is 9.95. The smallest absolute Gasteiger partial charge is 0.246 e. The molecule has 264 valence electrons. The Morgan fingerprint density at radius 3 is 2.44 bits per heavy atom. The standard InChI is InChI=1S/C36H42N6O7S/c1-20(43)37-26-13-9-22-17-30(47-3)33(48-4)34(49-5)32(22)24-12-14-27(29(44)18-25(24)26)39-28(15-16-50-6)36(45)38-23-10-7-21(8-11-23)35-40-31(19-46-2)41-42-35/h7-8,10-12,14,17-18,26,28H,9,13,15-16,19H2,1-6H3,(H,37,43)(H,38,45)(H,39,44)(H,40,41,42)/t26-,28-/m0/s1. The van der Waals surface area contributed by atoms with Crippen LogP contribution in [0.5, 0.6) is 17.2 Å². The molecule has 0 radical (unpaired) electrons. The molecule has 5 rings (SSSR count). The summed E-state index contributed by atoms with van der Waals surface area (Å²) in [6, 6.07) is 13.0. The summed E-state index contributed by atoms with van der Waals surface area (Å²) in [6.07, 6.45) is 3.54. The van der Waals surface area contributed by atoms with Gasteiger partial charge in [-0.15, -0.1) is 0 Å². The van der Waals surface area contributed by atoms with E-state index in [-0.39, 0.29) is 22.9 Å². The SMILES string of the molecule is COCc1nc(-c2ccc(NC(=O)[C@H](CCSC)Nc3ccc4c(cc3=O)[C@@H](NC(C)=O)CCc3cc(OC)c(OC)c(OC)c3-4)cc2)n[nH]1. The van der Waals surface area contributed by atoms with Gasteiger partial charge in [-0.1, -0.05) is 6.07 Å². The quantitative estimate of drug-likeness (QED) is 0.140. The van der Waals surface area contributed by atoms with Crippen molar-refractivity contribution in [1.29, 1.82) is 0 Å². The second-order valence-corrected chi connectivity index (χ2v) is 12.7. The number of amides is 2. The Hall–Kier alpha value is -5.08. The minimum atomic E-state index is -0.723. The summed E-state index contributed by atoms with van der Waals surface area (Å²) in [7, 11) is 6.24. The first-order valence-electron chi connectivity index (χ1n) is 16.1. The molecule has 1 heterocycles. The van der Waals surface area contributed by atoms with E-state index in [4.69, 9.17) is 18.9 Å². The molecule has 0 aliphatic heterocycles. The predicted octanol–water partition coefficient (Wildman–Crippen LogP) is 4.97. The van der Waals surface area contributed by atoms with Gasteiger partial charge in [0, 0.05) is 30.8 Å². The van der Waals surface area contributed by atoms with E-state index in [1.807, 2.05) is 30.5 Å². The number of aromatic nitrogens is 3. The third-order valence-electron chi connectivity index (χ3n) is 8.40. The van der Waals surface area contributed by atoms with Crippen molar-refractivity contribution in [3.63, 3.8) is 0 Å². The Kier molecular flexibility index (Phi) is 12.0. The van der Waals surface area contributed by atoms with Crippen molar-refractivity contribution >= 4 is 35.0 Å². The van der Waals surface area contributed by atoms with Crippen LogP contribution in [0, 0.1) is 0 Å². The van der Waals surface area contributed by atoms with E-state index in [0.717, 1.165) is 16.7 Å². The predicted molar refractivity (Wildman–Crippen MR) is 194 cm³/mol.